The molecule has 1 amide bonds. The van der Waals surface area contributed by atoms with Crippen molar-refractivity contribution in [1.82, 2.24) is 5.32 Å². The molecular formula is C17H16F3NO2. The molecule has 122 valence electrons. The Labute approximate surface area is 132 Å². The molecule has 6 heteroatoms. The van der Waals surface area contributed by atoms with E-state index in [1.54, 1.807) is 13.0 Å². The third kappa shape index (κ3) is 4.03. The molecule has 1 atom stereocenters. The molecule has 0 aromatic heterocycles. The van der Waals surface area contributed by atoms with E-state index < -0.39 is 17.6 Å². The Morgan fingerprint density at radius 1 is 1.09 bits per heavy atom. The normalized spacial score (nSPS) is 12.6. The van der Waals surface area contributed by atoms with E-state index in [4.69, 9.17) is 4.74 Å². The summed E-state index contributed by atoms with van der Waals surface area (Å²) in [5.41, 5.74) is 0.168. The van der Waals surface area contributed by atoms with Gasteiger partial charge in [0.15, 0.2) is 0 Å². The summed E-state index contributed by atoms with van der Waals surface area (Å²) in [6.45, 7) is 1.78. The lowest BCUT2D eigenvalue weighted by Crippen LogP contribution is -2.27. The van der Waals surface area contributed by atoms with Gasteiger partial charge in [-0.15, -0.1) is 0 Å². The highest BCUT2D eigenvalue weighted by molar-refractivity contribution is 5.94. The summed E-state index contributed by atoms with van der Waals surface area (Å²) in [4.78, 5) is 12.2. The van der Waals surface area contributed by atoms with Crippen LogP contribution in [0.5, 0.6) is 5.75 Å². The van der Waals surface area contributed by atoms with E-state index in [0.717, 1.165) is 29.8 Å². The number of halogens is 3. The highest BCUT2D eigenvalue weighted by Crippen LogP contribution is 2.29. The van der Waals surface area contributed by atoms with Crippen molar-refractivity contribution in [3.63, 3.8) is 0 Å². The fraction of sp³-hybridized carbons (Fsp3) is 0.235. The summed E-state index contributed by atoms with van der Waals surface area (Å²) in [6.07, 6.45) is -4.42. The van der Waals surface area contributed by atoms with Gasteiger partial charge in [0.05, 0.1) is 18.7 Å². The van der Waals surface area contributed by atoms with Crippen molar-refractivity contribution >= 4 is 5.91 Å². The minimum absolute atomic E-state index is 0.166. The Kier molecular flexibility index (Phi) is 4.93. The monoisotopic (exact) mass is 323 g/mol. The van der Waals surface area contributed by atoms with E-state index in [2.05, 4.69) is 5.32 Å². The van der Waals surface area contributed by atoms with Crippen molar-refractivity contribution in [3.8, 4) is 5.75 Å². The van der Waals surface area contributed by atoms with Crippen molar-refractivity contribution < 1.29 is 22.7 Å². The standard InChI is InChI=1S/C17H16F3NO2/c1-11(14-5-3-4-6-15(14)23-2)21-16(22)12-7-9-13(10-8-12)17(18,19)20/h3-11H,1-2H3,(H,21,22)/t11-/m0/s1. The van der Waals surface area contributed by atoms with Crippen LogP contribution in [0.4, 0.5) is 13.2 Å². The number of carbonyl (C=O) groups excluding carboxylic acids is 1. The number of ether oxygens (including phenoxy) is 1. The lowest BCUT2D eigenvalue weighted by Gasteiger charge is -2.17. The second-order valence-electron chi connectivity index (χ2n) is 5.01. The van der Waals surface area contributed by atoms with Crippen molar-refractivity contribution in [1.29, 1.82) is 0 Å². The van der Waals surface area contributed by atoms with E-state index in [-0.39, 0.29) is 11.6 Å². The van der Waals surface area contributed by atoms with Crippen LogP contribution < -0.4 is 10.1 Å². The van der Waals surface area contributed by atoms with Crippen LogP contribution in [0.2, 0.25) is 0 Å². The van der Waals surface area contributed by atoms with Crippen molar-refractivity contribution in [2.45, 2.75) is 19.1 Å². The van der Waals surface area contributed by atoms with Gasteiger partial charge in [0.25, 0.3) is 5.91 Å². The number of carbonyl (C=O) groups is 1. The molecule has 2 rings (SSSR count). The fourth-order valence-electron chi connectivity index (χ4n) is 2.19. The average Bonchev–Trinajstić information content (AvgIpc) is 2.54. The first kappa shape index (κ1) is 16.9. The third-order valence-electron chi connectivity index (χ3n) is 3.43. The van der Waals surface area contributed by atoms with Crippen LogP contribution in [-0.4, -0.2) is 13.0 Å². The molecule has 0 unspecified atom stereocenters. The molecule has 0 bridgehead atoms. The molecular weight excluding hydrogens is 307 g/mol. The Morgan fingerprint density at radius 3 is 2.26 bits per heavy atom. The maximum atomic E-state index is 12.5. The van der Waals surface area contributed by atoms with E-state index in [1.807, 2.05) is 18.2 Å². The van der Waals surface area contributed by atoms with Gasteiger partial charge in [0, 0.05) is 11.1 Å². The second kappa shape index (κ2) is 6.73. The number of alkyl halides is 3. The number of benzene rings is 2. The number of rotatable bonds is 4. The molecule has 0 spiro atoms. The summed E-state index contributed by atoms with van der Waals surface area (Å²) in [6, 6.07) is 11.0. The molecule has 23 heavy (non-hydrogen) atoms. The van der Waals surface area contributed by atoms with Crippen LogP contribution in [0.15, 0.2) is 48.5 Å². The third-order valence-corrected chi connectivity index (χ3v) is 3.43. The van der Waals surface area contributed by atoms with Crippen molar-refractivity contribution in [3.05, 3.63) is 65.2 Å². The number of amides is 1. The quantitative estimate of drug-likeness (QED) is 0.915. The number of hydrogen-bond donors (Lipinski definition) is 1. The van der Waals surface area contributed by atoms with E-state index in [0.29, 0.717) is 5.75 Å². The molecule has 0 saturated heterocycles. The van der Waals surface area contributed by atoms with E-state index in [1.165, 1.54) is 7.11 Å². The lowest BCUT2D eigenvalue weighted by molar-refractivity contribution is -0.137. The van der Waals surface area contributed by atoms with Gasteiger partial charge in [-0.2, -0.15) is 13.2 Å². The van der Waals surface area contributed by atoms with Crippen molar-refractivity contribution in [2.24, 2.45) is 0 Å². The summed E-state index contributed by atoms with van der Waals surface area (Å²) >= 11 is 0. The topological polar surface area (TPSA) is 38.3 Å². The van der Waals surface area contributed by atoms with Gasteiger partial charge in [-0.3, -0.25) is 4.79 Å². The van der Waals surface area contributed by atoms with Gasteiger partial charge >= 0.3 is 6.18 Å². The number of nitrogens with one attached hydrogen (secondary N) is 1. The van der Waals surface area contributed by atoms with Crippen LogP contribution in [-0.2, 0) is 6.18 Å². The minimum atomic E-state index is -4.42. The first-order valence-electron chi connectivity index (χ1n) is 6.94. The Bertz CT molecular complexity index is 681. The zero-order valence-electron chi connectivity index (χ0n) is 12.6. The molecule has 0 radical (unpaired) electrons. The number of methoxy groups -OCH3 is 1. The average molecular weight is 323 g/mol. The Hall–Kier alpha value is -2.50. The van der Waals surface area contributed by atoms with Gasteiger partial charge in [-0.05, 0) is 37.3 Å². The fourth-order valence-corrected chi connectivity index (χ4v) is 2.19. The largest absolute Gasteiger partial charge is 0.496 e. The molecule has 1 N–H and O–H groups in total. The SMILES string of the molecule is COc1ccccc1[C@H](C)NC(=O)c1ccc(C(F)(F)F)cc1. The second-order valence-corrected chi connectivity index (χ2v) is 5.01. The summed E-state index contributed by atoms with van der Waals surface area (Å²) in [5.74, 6) is 0.185. The van der Waals surface area contributed by atoms with Gasteiger partial charge in [-0.25, -0.2) is 0 Å². The molecule has 0 aliphatic rings. The van der Waals surface area contributed by atoms with Crippen LogP contribution in [0.1, 0.15) is 34.5 Å². The molecule has 2 aromatic carbocycles. The first-order chi connectivity index (χ1) is 10.8. The molecule has 0 aliphatic carbocycles. The number of para-hydroxylation sites is 1. The lowest BCUT2D eigenvalue weighted by atomic mass is 10.1. The van der Waals surface area contributed by atoms with Crippen molar-refractivity contribution in [2.75, 3.05) is 7.11 Å². The molecule has 0 fully saturated rings. The van der Waals surface area contributed by atoms with Gasteiger partial charge in [-0.1, -0.05) is 18.2 Å². The maximum absolute atomic E-state index is 12.5. The van der Waals surface area contributed by atoms with E-state index >= 15 is 0 Å². The smallest absolute Gasteiger partial charge is 0.416 e. The summed E-state index contributed by atoms with van der Waals surface area (Å²) in [7, 11) is 1.53. The van der Waals surface area contributed by atoms with Crippen LogP contribution in [0.25, 0.3) is 0 Å². The van der Waals surface area contributed by atoms with Crippen LogP contribution in [0.3, 0.4) is 0 Å². The van der Waals surface area contributed by atoms with Crippen LogP contribution in [0, 0.1) is 0 Å². The number of hydrogen-bond acceptors (Lipinski definition) is 2. The maximum Gasteiger partial charge on any atom is 0.416 e. The summed E-state index contributed by atoms with van der Waals surface area (Å²) in [5, 5.41) is 2.75. The Morgan fingerprint density at radius 2 is 1.70 bits per heavy atom. The minimum Gasteiger partial charge on any atom is -0.496 e. The zero-order chi connectivity index (χ0) is 17.0. The predicted octanol–water partition coefficient (Wildman–Crippen LogP) is 4.21. The van der Waals surface area contributed by atoms with Gasteiger partial charge in [0.2, 0.25) is 0 Å². The highest BCUT2D eigenvalue weighted by Gasteiger charge is 2.30. The highest BCUT2D eigenvalue weighted by atomic mass is 19.4. The van der Waals surface area contributed by atoms with E-state index in [9.17, 15) is 18.0 Å². The molecule has 3 nitrogen and oxygen atoms in total. The zero-order valence-corrected chi connectivity index (χ0v) is 12.6. The Balaban J connectivity index is 2.12. The summed E-state index contributed by atoms with van der Waals surface area (Å²) < 4.78 is 42.8. The predicted molar refractivity (Wildman–Crippen MR) is 80.3 cm³/mol. The molecule has 0 heterocycles. The molecule has 0 aliphatic heterocycles. The molecule has 0 saturated carbocycles. The van der Waals surface area contributed by atoms with Gasteiger partial charge in [0.1, 0.15) is 5.75 Å². The van der Waals surface area contributed by atoms with Crippen LogP contribution >= 0.6 is 0 Å². The first-order valence-corrected chi connectivity index (χ1v) is 6.94. The van der Waals surface area contributed by atoms with Gasteiger partial charge < -0.3 is 10.1 Å². The molecule has 2 aromatic rings.